The van der Waals surface area contributed by atoms with Gasteiger partial charge >= 0.3 is 5.97 Å². The second-order valence-corrected chi connectivity index (χ2v) is 4.57. The highest BCUT2D eigenvalue weighted by Crippen LogP contribution is 1.92. The first kappa shape index (κ1) is 12.7. The van der Waals surface area contributed by atoms with Gasteiger partial charge in [-0.05, 0) is 6.92 Å². The standard InChI is InChI=1S/C6H12ClNO4S/c1-5(3-7)8-13(10,11)4-6(9)12-2/h5,8H,3-4H2,1-2H3. The number of hydrogen-bond donors (Lipinski definition) is 1. The lowest BCUT2D eigenvalue weighted by molar-refractivity contribution is -0.137. The maximum atomic E-state index is 11.1. The molecule has 1 unspecified atom stereocenters. The van der Waals surface area contributed by atoms with Crippen LogP contribution in [-0.2, 0) is 19.6 Å². The number of hydrogen-bond acceptors (Lipinski definition) is 4. The van der Waals surface area contributed by atoms with Gasteiger partial charge in [0, 0.05) is 11.9 Å². The number of methoxy groups -OCH3 is 1. The zero-order chi connectivity index (χ0) is 10.5. The zero-order valence-corrected chi connectivity index (χ0v) is 8.98. The molecule has 0 rings (SSSR count). The number of nitrogens with one attached hydrogen (secondary N) is 1. The average molecular weight is 230 g/mol. The van der Waals surface area contributed by atoms with Crippen LogP contribution >= 0.6 is 11.6 Å². The summed E-state index contributed by atoms with van der Waals surface area (Å²) in [7, 11) is -2.49. The van der Waals surface area contributed by atoms with Crippen LogP contribution in [0.25, 0.3) is 0 Å². The van der Waals surface area contributed by atoms with Crippen molar-refractivity contribution in [2.24, 2.45) is 0 Å². The smallest absolute Gasteiger partial charge is 0.322 e. The second kappa shape index (κ2) is 5.41. The molecule has 0 aliphatic heterocycles. The van der Waals surface area contributed by atoms with Gasteiger partial charge in [-0.25, -0.2) is 13.1 Å². The fraction of sp³-hybridized carbons (Fsp3) is 0.833. The lowest BCUT2D eigenvalue weighted by Crippen LogP contribution is -2.37. The van der Waals surface area contributed by atoms with E-state index in [1.54, 1.807) is 6.92 Å². The quantitative estimate of drug-likeness (QED) is 0.519. The zero-order valence-electron chi connectivity index (χ0n) is 7.41. The van der Waals surface area contributed by atoms with E-state index >= 15 is 0 Å². The van der Waals surface area contributed by atoms with Gasteiger partial charge in [0.05, 0.1) is 7.11 Å². The minimum absolute atomic E-state index is 0.153. The maximum Gasteiger partial charge on any atom is 0.322 e. The van der Waals surface area contributed by atoms with Gasteiger partial charge in [-0.15, -0.1) is 11.6 Å². The molecule has 0 aromatic heterocycles. The molecule has 1 atom stereocenters. The summed E-state index contributed by atoms with van der Waals surface area (Å²) in [5.41, 5.74) is 0. The third-order valence-corrected chi connectivity index (χ3v) is 2.99. The maximum absolute atomic E-state index is 11.1. The van der Waals surface area contributed by atoms with Crippen molar-refractivity contribution in [3.8, 4) is 0 Å². The van der Waals surface area contributed by atoms with Gasteiger partial charge in [-0.3, -0.25) is 4.79 Å². The van der Waals surface area contributed by atoms with Crippen LogP contribution in [-0.4, -0.2) is 39.2 Å². The second-order valence-electron chi connectivity index (χ2n) is 2.51. The first-order valence-corrected chi connectivity index (χ1v) is 5.72. The molecule has 13 heavy (non-hydrogen) atoms. The summed E-state index contributed by atoms with van der Waals surface area (Å²) < 4.78 is 28.6. The minimum Gasteiger partial charge on any atom is -0.468 e. The van der Waals surface area contributed by atoms with Crippen LogP contribution in [0.1, 0.15) is 6.92 Å². The third-order valence-electron chi connectivity index (χ3n) is 1.15. The molecule has 78 valence electrons. The van der Waals surface area contributed by atoms with E-state index in [9.17, 15) is 13.2 Å². The van der Waals surface area contributed by atoms with Gasteiger partial charge in [-0.1, -0.05) is 0 Å². The Labute approximate surface area is 82.5 Å². The van der Waals surface area contributed by atoms with E-state index in [1.807, 2.05) is 0 Å². The normalized spacial score (nSPS) is 13.8. The van der Waals surface area contributed by atoms with Gasteiger partial charge in [-0.2, -0.15) is 0 Å². The van der Waals surface area contributed by atoms with Crippen LogP contribution in [0.15, 0.2) is 0 Å². The number of halogens is 1. The number of ether oxygens (including phenoxy) is 1. The first-order valence-electron chi connectivity index (χ1n) is 3.54. The molecule has 0 bridgehead atoms. The van der Waals surface area contributed by atoms with Gasteiger partial charge in [0.15, 0.2) is 5.75 Å². The van der Waals surface area contributed by atoms with Crippen molar-refractivity contribution >= 4 is 27.6 Å². The molecular formula is C6H12ClNO4S. The Hall–Kier alpha value is -0.330. The number of esters is 1. The van der Waals surface area contributed by atoms with E-state index in [0.717, 1.165) is 7.11 Å². The molecule has 5 nitrogen and oxygen atoms in total. The van der Waals surface area contributed by atoms with Crippen molar-refractivity contribution in [3.63, 3.8) is 0 Å². The lowest BCUT2D eigenvalue weighted by Gasteiger charge is -2.09. The first-order chi connectivity index (χ1) is 5.91. The van der Waals surface area contributed by atoms with Gasteiger partial charge < -0.3 is 4.74 Å². The van der Waals surface area contributed by atoms with Crippen LogP contribution in [0.2, 0.25) is 0 Å². The van der Waals surface area contributed by atoms with E-state index in [1.165, 1.54) is 0 Å². The molecule has 0 aliphatic rings. The highest BCUT2D eigenvalue weighted by atomic mass is 35.5. The molecule has 0 amide bonds. The van der Waals surface area contributed by atoms with Crippen LogP contribution < -0.4 is 4.72 Å². The number of sulfonamides is 1. The number of alkyl halides is 1. The fourth-order valence-electron chi connectivity index (χ4n) is 0.594. The van der Waals surface area contributed by atoms with Crippen molar-refractivity contribution in [3.05, 3.63) is 0 Å². The van der Waals surface area contributed by atoms with Crippen molar-refractivity contribution in [2.45, 2.75) is 13.0 Å². The number of rotatable bonds is 5. The fourth-order valence-corrected chi connectivity index (χ4v) is 1.97. The van der Waals surface area contributed by atoms with E-state index in [4.69, 9.17) is 11.6 Å². The summed E-state index contributed by atoms with van der Waals surface area (Å²) in [6, 6.07) is -0.392. The molecule has 0 saturated carbocycles. The number of carbonyl (C=O) groups excluding carboxylic acids is 1. The van der Waals surface area contributed by atoms with E-state index in [0.29, 0.717) is 0 Å². The van der Waals surface area contributed by atoms with Crippen molar-refractivity contribution in [2.75, 3.05) is 18.7 Å². The summed E-state index contributed by atoms with van der Waals surface area (Å²) in [6.45, 7) is 1.60. The molecule has 7 heteroatoms. The largest absolute Gasteiger partial charge is 0.468 e. The molecule has 0 saturated heterocycles. The summed E-state index contributed by atoms with van der Waals surface area (Å²) in [5.74, 6) is -1.32. The molecule has 0 fully saturated rings. The van der Waals surface area contributed by atoms with Crippen LogP contribution in [0, 0.1) is 0 Å². The Balaban J connectivity index is 4.17. The molecular weight excluding hydrogens is 218 g/mol. The van der Waals surface area contributed by atoms with Crippen molar-refractivity contribution in [1.82, 2.24) is 4.72 Å². The Bertz CT molecular complexity index is 264. The molecule has 0 aromatic rings. The Morgan fingerprint density at radius 3 is 2.54 bits per heavy atom. The lowest BCUT2D eigenvalue weighted by atomic mass is 10.4. The summed E-state index contributed by atoms with van der Waals surface area (Å²) in [4.78, 5) is 10.6. The van der Waals surface area contributed by atoms with Crippen molar-refractivity contribution in [1.29, 1.82) is 0 Å². The van der Waals surface area contributed by atoms with Crippen LogP contribution in [0.4, 0.5) is 0 Å². The number of carbonyl (C=O) groups is 1. The topological polar surface area (TPSA) is 72.5 Å². The Morgan fingerprint density at radius 1 is 1.62 bits per heavy atom. The molecule has 0 spiro atoms. The molecule has 0 aromatic carbocycles. The Kier molecular flexibility index (Phi) is 5.27. The summed E-state index contributed by atoms with van der Waals surface area (Å²) in [6.07, 6.45) is 0. The third kappa shape index (κ3) is 5.84. The van der Waals surface area contributed by atoms with E-state index in [2.05, 4.69) is 9.46 Å². The molecule has 0 aliphatic carbocycles. The van der Waals surface area contributed by atoms with Gasteiger partial charge in [0.2, 0.25) is 10.0 Å². The Morgan fingerprint density at radius 2 is 2.15 bits per heavy atom. The predicted molar refractivity (Wildman–Crippen MR) is 49.1 cm³/mol. The van der Waals surface area contributed by atoms with Crippen LogP contribution in [0.3, 0.4) is 0 Å². The monoisotopic (exact) mass is 229 g/mol. The molecule has 0 radical (unpaired) electrons. The van der Waals surface area contributed by atoms with Crippen LogP contribution in [0.5, 0.6) is 0 Å². The SMILES string of the molecule is COC(=O)CS(=O)(=O)NC(C)CCl. The highest BCUT2D eigenvalue weighted by molar-refractivity contribution is 7.90. The van der Waals surface area contributed by atoms with Crippen molar-refractivity contribution < 1.29 is 17.9 Å². The molecule has 0 heterocycles. The summed E-state index contributed by atoms with van der Waals surface area (Å²) in [5, 5.41) is 0. The average Bonchev–Trinajstić information content (AvgIpc) is 2.02. The van der Waals surface area contributed by atoms with E-state index < -0.39 is 27.8 Å². The predicted octanol–water partition coefficient (Wildman–Crippen LogP) is -0.294. The van der Waals surface area contributed by atoms with Gasteiger partial charge in [0.25, 0.3) is 0 Å². The van der Waals surface area contributed by atoms with E-state index in [-0.39, 0.29) is 5.88 Å². The highest BCUT2D eigenvalue weighted by Gasteiger charge is 2.18. The molecule has 1 N–H and O–H groups in total. The summed E-state index contributed by atoms with van der Waals surface area (Å²) >= 11 is 5.39. The minimum atomic E-state index is -3.61. The van der Waals surface area contributed by atoms with Gasteiger partial charge in [0.1, 0.15) is 0 Å².